The quantitative estimate of drug-likeness (QED) is 0.897. The zero-order valence-electron chi connectivity index (χ0n) is 11.1. The molecule has 1 saturated heterocycles. The van der Waals surface area contributed by atoms with Gasteiger partial charge < -0.3 is 10.4 Å². The van der Waals surface area contributed by atoms with Gasteiger partial charge in [-0.1, -0.05) is 24.3 Å². The average molecular weight is 295 g/mol. The van der Waals surface area contributed by atoms with Gasteiger partial charge in [-0.3, -0.25) is 0 Å². The van der Waals surface area contributed by atoms with Gasteiger partial charge in [-0.15, -0.1) is 0 Å². The Balaban J connectivity index is 1.70. The molecule has 0 radical (unpaired) electrons. The maximum Gasteiger partial charge on any atom is 0.0869 e. The van der Waals surface area contributed by atoms with Crippen LogP contribution in [-0.4, -0.2) is 40.3 Å². The standard InChI is InChI=1S/C15H21NOS2/c17-15(6-8-19-11-15)10-16-14-9-18-7-5-12-3-1-2-4-13(12)14/h1-4,14,16-17H,5-11H2. The van der Waals surface area contributed by atoms with E-state index in [9.17, 15) is 5.11 Å². The highest BCUT2D eigenvalue weighted by molar-refractivity contribution is 7.99. The average Bonchev–Trinajstić information content (AvgIpc) is 2.75. The van der Waals surface area contributed by atoms with Crippen LogP contribution in [-0.2, 0) is 6.42 Å². The highest BCUT2D eigenvalue weighted by Gasteiger charge is 2.32. The van der Waals surface area contributed by atoms with Crippen LogP contribution in [0.3, 0.4) is 0 Å². The second-order valence-corrected chi connectivity index (χ2v) is 7.74. The lowest BCUT2D eigenvalue weighted by atomic mass is 9.98. The number of hydrogen-bond donors (Lipinski definition) is 2. The van der Waals surface area contributed by atoms with Gasteiger partial charge in [-0.25, -0.2) is 0 Å². The van der Waals surface area contributed by atoms with Gasteiger partial charge in [-0.05, 0) is 35.5 Å². The second-order valence-electron chi connectivity index (χ2n) is 5.48. The van der Waals surface area contributed by atoms with Crippen LogP contribution in [0.15, 0.2) is 24.3 Å². The predicted octanol–water partition coefficient (Wildman–Crippen LogP) is 2.47. The van der Waals surface area contributed by atoms with Crippen molar-refractivity contribution in [2.45, 2.75) is 24.5 Å². The zero-order valence-corrected chi connectivity index (χ0v) is 12.7. The normalized spacial score (nSPS) is 30.9. The van der Waals surface area contributed by atoms with E-state index in [0.717, 1.165) is 30.2 Å². The summed E-state index contributed by atoms with van der Waals surface area (Å²) in [7, 11) is 0. The number of fused-ring (bicyclic) bond motifs is 1. The number of benzene rings is 1. The van der Waals surface area contributed by atoms with Crippen LogP contribution in [0.4, 0.5) is 0 Å². The molecule has 2 atom stereocenters. The van der Waals surface area contributed by atoms with Gasteiger partial charge in [0.1, 0.15) is 0 Å². The molecule has 0 bridgehead atoms. The lowest BCUT2D eigenvalue weighted by Gasteiger charge is -2.26. The van der Waals surface area contributed by atoms with Gasteiger partial charge in [0, 0.05) is 24.1 Å². The first kappa shape index (κ1) is 13.8. The molecule has 2 unspecified atom stereocenters. The van der Waals surface area contributed by atoms with Gasteiger partial charge in [0.15, 0.2) is 0 Å². The molecule has 0 aliphatic carbocycles. The first-order valence-corrected chi connectivity index (χ1v) is 9.27. The topological polar surface area (TPSA) is 32.3 Å². The molecular formula is C15H21NOS2. The molecule has 104 valence electrons. The Labute approximate surface area is 123 Å². The predicted molar refractivity (Wildman–Crippen MR) is 85.1 cm³/mol. The molecule has 0 saturated carbocycles. The van der Waals surface area contributed by atoms with E-state index in [1.54, 1.807) is 0 Å². The Kier molecular flexibility index (Phi) is 4.42. The van der Waals surface area contributed by atoms with Crippen molar-refractivity contribution in [3.63, 3.8) is 0 Å². The van der Waals surface area contributed by atoms with Crippen molar-refractivity contribution in [3.8, 4) is 0 Å². The van der Waals surface area contributed by atoms with E-state index in [2.05, 4.69) is 29.6 Å². The molecule has 3 rings (SSSR count). The minimum atomic E-state index is -0.490. The van der Waals surface area contributed by atoms with Crippen molar-refractivity contribution in [1.82, 2.24) is 5.32 Å². The SMILES string of the molecule is OC1(CNC2CSCCc3ccccc32)CCSC1. The fourth-order valence-electron chi connectivity index (χ4n) is 2.79. The van der Waals surface area contributed by atoms with Gasteiger partial charge in [-0.2, -0.15) is 23.5 Å². The molecule has 1 fully saturated rings. The zero-order chi connectivity index (χ0) is 13.1. The van der Waals surface area contributed by atoms with Crippen LogP contribution >= 0.6 is 23.5 Å². The lowest BCUT2D eigenvalue weighted by molar-refractivity contribution is 0.0653. The third-order valence-electron chi connectivity index (χ3n) is 3.99. The molecule has 2 N–H and O–H groups in total. The summed E-state index contributed by atoms with van der Waals surface area (Å²) < 4.78 is 0. The maximum atomic E-state index is 10.5. The Morgan fingerprint density at radius 2 is 2.16 bits per heavy atom. The van der Waals surface area contributed by atoms with Crippen LogP contribution < -0.4 is 5.32 Å². The van der Waals surface area contributed by atoms with Gasteiger partial charge >= 0.3 is 0 Å². The number of aryl methyl sites for hydroxylation is 1. The van der Waals surface area contributed by atoms with Crippen LogP contribution in [0.25, 0.3) is 0 Å². The van der Waals surface area contributed by atoms with E-state index in [4.69, 9.17) is 0 Å². The summed E-state index contributed by atoms with van der Waals surface area (Å²) in [6.07, 6.45) is 2.09. The molecule has 0 aromatic heterocycles. The van der Waals surface area contributed by atoms with Crippen LogP contribution in [0.1, 0.15) is 23.6 Å². The molecule has 2 aliphatic rings. The molecule has 2 heterocycles. The number of rotatable bonds is 3. The van der Waals surface area contributed by atoms with Crippen molar-refractivity contribution >= 4 is 23.5 Å². The molecule has 0 spiro atoms. The van der Waals surface area contributed by atoms with Crippen LogP contribution in [0.2, 0.25) is 0 Å². The van der Waals surface area contributed by atoms with Crippen molar-refractivity contribution < 1.29 is 5.11 Å². The number of hydrogen-bond acceptors (Lipinski definition) is 4. The van der Waals surface area contributed by atoms with E-state index in [-0.39, 0.29) is 0 Å². The van der Waals surface area contributed by atoms with E-state index < -0.39 is 5.60 Å². The number of thioether (sulfide) groups is 2. The van der Waals surface area contributed by atoms with Crippen molar-refractivity contribution in [2.24, 2.45) is 0 Å². The fourth-order valence-corrected chi connectivity index (χ4v) is 5.15. The Morgan fingerprint density at radius 3 is 3.00 bits per heavy atom. The monoisotopic (exact) mass is 295 g/mol. The van der Waals surface area contributed by atoms with E-state index in [1.807, 2.05) is 23.5 Å². The summed E-state index contributed by atoms with van der Waals surface area (Å²) in [5, 5.41) is 14.1. The molecular weight excluding hydrogens is 274 g/mol. The highest BCUT2D eigenvalue weighted by atomic mass is 32.2. The Hall–Kier alpha value is -0.160. The third kappa shape index (κ3) is 3.30. The first-order valence-electron chi connectivity index (χ1n) is 6.96. The highest BCUT2D eigenvalue weighted by Crippen LogP contribution is 2.30. The molecule has 2 aliphatic heterocycles. The minimum Gasteiger partial charge on any atom is -0.388 e. The Morgan fingerprint density at radius 1 is 1.26 bits per heavy atom. The molecule has 1 aromatic carbocycles. The second kappa shape index (κ2) is 6.08. The summed E-state index contributed by atoms with van der Waals surface area (Å²) in [5.74, 6) is 4.28. The van der Waals surface area contributed by atoms with E-state index in [1.165, 1.54) is 23.3 Å². The third-order valence-corrected chi connectivity index (χ3v) is 6.29. The van der Waals surface area contributed by atoms with Crippen molar-refractivity contribution in [1.29, 1.82) is 0 Å². The van der Waals surface area contributed by atoms with Crippen LogP contribution in [0, 0.1) is 0 Å². The van der Waals surface area contributed by atoms with E-state index >= 15 is 0 Å². The van der Waals surface area contributed by atoms with Crippen LogP contribution in [0.5, 0.6) is 0 Å². The van der Waals surface area contributed by atoms with Gasteiger partial charge in [0.25, 0.3) is 0 Å². The summed E-state index contributed by atoms with van der Waals surface area (Å²) >= 11 is 3.87. The Bertz CT molecular complexity index is 432. The van der Waals surface area contributed by atoms with Gasteiger partial charge in [0.2, 0.25) is 0 Å². The molecule has 19 heavy (non-hydrogen) atoms. The fraction of sp³-hybridized carbons (Fsp3) is 0.600. The largest absolute Gasteiger partial charge is 0.388 e. The summed E-state index contributed by atoms with van der Waals surface area (Å²) in [6.45, 7) is 0.722. The van der Waals surface area contributed by atoms with Crippen molar-refractivity contribution in [2.75, 3.05) is 29.6 Å². The molecule has 2 nitrogen and oxygen atoms in total. The lowest BCUT2D eigenvalue weighted by Crippen LogP contribution is -2.42. The molecule has 4 heteroatoms. The first-order chi connectivity index (χ1) is 9.27. The number of aliphatic hydroxyl groups is 1. The van der Waals surface area contributed by atoms with Crippen molar-refractivity contribution in [3.05, 3.63) is 35.4 Å². The summed E-state index contributed by atoms with van der Waals surface area (Å²) in [5.41, 5.74) is 2.41. The molecule has 1 aromatic rings. The smallest absolute Gasteiger partial charge is 0.0869 e. The van der Waals surface area contributed by atoms with Gasteiger partial charge in [0.05, 0.1) is 5.60 Å². The van der Waals surface area contributed by atoms with E-state index in [0.29, 0.717) is 6.04 Å². The maximum absolute atomic E-state index is 10.5. The summed E-state index contributed by atoms with van der Waals surface area (Å²) in [4.78, 5) is 0. The minimum absolute atomic E-state index is 0.387. The summed E-state index contributed by atoms with van der Waals surface area (Å²) in [6, 6.07) is 9.14. The molecule has 0 amide bonds. The number of nitrogens with one attached hydrogen (secondary N) is 1.